The first-order chi connectivity index (χ1) is 9.01. The molecule has 1 aromatic carbocycles. The van der Waals surface area contributed by atoms with E-state index in [-0.39, 0.29) is 0 Å². The van der Waals surface area contributed by atoms with E-state index in [1.54, 1.807) is 0 Å². The topological polar surface area (TPSA) is 12.0 Å². The maximum atomic E-state index is 4.06. The zero-order valence-electron chi connectivity index (χ0n) is 12.4. The predicted octanol–water partition coefficient (Wildman–Crippen LogP) is 4.63. The average Bonchev–Trinajstić information content (AvgIpc) is 2.38. The van der Waals surface area contributed by atoms with Gasteiger partial charge in [0.05, 0.1) is 0 Å². The van der Waals surface area contributed by atoms with Crippen molar-refractivity contribution in [1.29, 1.82) is 0 Å². The molecule has 0 saturated heterocycles. The van der Waals surface area contributed by atoms with Gasteiger partial charge >= 0.3 is 0 Å². The second-order valence-electron chi connectivity index (χ2n) is 4.80. The van der Waals surface area contributed by atoms with Gasteiger partial charge in [-0.05, 0) is 37.5 Å². The minimum Gasteiger partial charge on any atom is -0.388 e. The maximum absolute atomic E-state index is 4.06. The van der Waals surface area contributed by atoms with E-state index in [0.717, 1.165) is 16.8 Å². The molecule has 1 aromatic rings. The van der Waals surface area contributed by atoms with Gasteiger partial charge in [-0.3, -0.25) is 0 Å². The molecule has 0 aliphatic heterocycles. The summed E-state index contributed by atoms with van der Waals surface area (Å²) < 4.78 is 0. The van der Waals surface area contributed by atoms with Crippen molar-refractivity contribution in [3.05, 3.63) is 77.5 Å². The minimum atomic E-state index is 0.880. The molecule has 0 heterocycles. The lowest BCUT2D eigenvalue weighted by Gasteiger charge is -2.15. The van der Waals surface area contributed by atoms with Crippen molar-refractivity contribution in [3.8, 4) is 0 Å². The molecule has 1 nitrogen and oxygen atoms in total. The Morgan fingerprint density at radius 3 is 2.32 bits per heavy atom. The van der Waals surface area contributed by atoms with E-state index in [1.807, 2.05) is 13.1 Å². The maximum Gasteiger partial charge on any atom is 0.0344 e. The van der Waals surface area contributed by atoms with Gasteiger partial charge in [0.25, 0.3) is 0 Å². The molecular weight excluding hydrogens is 230 g/mol. The summed E-state index contributed by atoms with van der Waals surface area (Å²) in [4.78, 5) is 0. The third kappa shape index (κ3) is 3.72. The zero-order valence-corrected chi connectivity index (χ0v) is 12.4. The summed E-state index contributed by atoms with van der Waals surface area (Å²) in [6, 6.07) is 8.37. The summed E-state index contributed by atoms with van der Waals surface area (Å²) in [7, 11) is 1.88. The number of likely N-dealkylation sites (N-methyl/N-ethyl adjacent to an activating group) is 1. The van der Waals surface area contributed by atoms with E-state index in [9.17, 15) is 0 Å². The van der Waals surface area contributed by atoms with Gasteiger partial charge in [-0.2, -0.15) is 0 Å². The van der Waals surface area contributed by atoms with Crippen LogP contribution in [0.2, 0.25) is 0 Å². The number of rotatable bonds is 5. The number of allylic oxidation sites excluding steroid dienone is 4. The van der Waals surface area contributed by atoms with Crippen LogP contribution in [0.5, 0.6) is 0 Å². The molecule has 0 spiro atoms. The quantitative estimate of drug-likeness (QED) is 0.754. The van der Waals surface area contributed by atoms with Crippen LogP contribution in [0.15, 0.2) is 66.4 Å². The number of hydrogen-bond acceptors (Lipinski definition) is 1. The first-order valence-corrected chi connectivity index (χ1v) is 6.46. The van der Waals surface area contributed by atoms with E-state index >= 15 is 0 Å². The van der Waals surface area contributed by atoms with Gasteiger partial charge in [0.15, 0.2) is 0 Å². The Morgan fingerprint density at radius 2 is 1.84 bits per heavy atom. The Balaban J connectivity index is 3.58. The molecule has 0 radical (unpaired) electrons. The lowest BCUT2D eigenvalue weighted by molar-refractivity contribution is 1.02. The Hall–Kier alpha value is -2.02. The van der Waals surface area contributed by atoms with Gasteiger partial charge in [0.2, 0.25) is 0 Å². The molecule has 0 amide bonds. The lowest BCUT2D eigenvalue weighted by atomic mass is 9.93. The van der Waals surface area contributed by atoms with Crippen molar-refractivity contribution >= 4 is 5.57 Å². The molecule has 1 heteroatoms. The van der Waals surface area contributed by atoms with E-state index in [1.165, 1.54) is 16.7 Å². The SMILES string of the molecule is C=C/C(C(=C)NC)=C(\C=C(C)C)c1ccccc1C. The summed E-state index contributed by atoms with van der Waals surface area (Å²) in [6.07, 6.45) is 4.04. The van der Waals surface area contributed by atoms with Gasteiger partial charge in [-0.25, -0.2) is 0 Å². The molecule has 0 aliphatic rings. The van der Waals surface area contributed by atoms with Gasteiger partial charge in [0, 0.05) is 18.3 Å². The fourth-order valence-corrected chi connectivity index (χ4v) is 1.99. The highest BCUT2D eigenvalue weighted by atomic mass is 14.8. The van der Waals surface area contributed by atoms with Gasteiger partial charge in [-0.15, -0.1) is 0 Å². The van der Waals surface area contributed by atoms with Crippen LogP contribution in [0.3, 0.4) is 0 Å². The van der Waals surface area contributed by atoms with Gasteiger partial charge in [0.1, 0.15) is 0 Å². The largest absolute Gasteiger partial charge is 0.388 e. The standard InChI is InChI=1S/C18H23N/c1-7-16(15(5)19-6)18(12-13(2)3)17-11-9-8-10-14(17)4/h7-12,19H,1,5H2,2-4,6H3/b18-16-. The van der Waals surface area contributed by atoms with Gasteiger partial charge in [-0.1, -0.05) is 55.1 Å². The molecule has 19 heavy (non-hydrogen) atoms. The van der Waals surface area contributed by atoms with Crippen LogP contribution in [0.25, 0.3) is 5.57 Å². The smallest absolute Gasteiger partial charge is 0.0344 e. The second-order valence-corrected chi connectivity index (χ2v) is 4.80. The molecule has 0 bridgehead atoms. The van der Waals surface area contributed by atoms with Crippen molar-refractivity contribution < 1.29 is 0 Å². The van der Waals surface area contributed by atoms with Crippen LogP contribution in [0, 0.1) is 6.92 Å². The first-order valence-electron chi connectivity index (χ1n) is 6.46. The van der Waals surface area contributed by atoms with Crippen molar-refractivity contribution in [2.75, 3.05) is 7.05 Å². The zero-order chi connectivity index (χ0) is 14.4. The third-order valence-electron chi connectivity index (χ3n) is 2.99. The van der Waals surface area contributed by atoms with Crippen LogP contribution in [0.4, 0.5) is 0 Å². The van der Waals surface area contributed by atoms with E-state index in [0.29, 0.717) is 0 Å². The second kappa shape index (κ2) is 6.79. The highest BCUT2D eigenvalue weighted by Crippen LogP contribution is 2.27. The monoisotopic (exact) mass is 253 g/mol. The molecule has 0 atom stereocenters. The Morgan fingerprint density at radius 1 is 1.21 bits per heavy atom. The fraction of sp³-hybridized carbons (Fsp3) is 0.222. The van der Waals surface area contributed by atoms with E-state index in [4.69, 9.17) is 0 Å². The van der Waals surface area contributed by atoms with Crippen molar-refractivity contribution in [1.82, 2.24) is 5.32 Å². The predicted molar refractivity (Wildman–Crippen MR) is 85.9 cm³/mol. The third-order valence-corrected chi connectivity index (χ3v) is 2.99. The molecule has 1 rings (SSSR count). The highest BCUT2D eigenvalue weighted by Gasteiger charge is 2.09. The molecule has 0 aliphatic carbocycles. The Bertz CT molecular complexity index is 541. The van der Waals surface area contributed by atoms with Crippen molar-refractivity contribution in [2.24, 2.45) is 0 Å². The fourth-order valence-electron chi connectivity index (χ4n) is 1.99. The molecule has 0 fully saturated rings. The highest BCUT2D eigenvalue weighted by molar-refractivity contribution is 5.83. The number of benzene rings is 1. The number of aryl methyl sites for hydroxylation is 1. The Labute approximate surface area is 117 Å². The summed E-state index contributed by atoms with van der Waals surface area (Å²) in [5.74, 6) is 0. The average molecular weight is 253 g/mol. The van der Waals surface area contributed by atoms with Crippen LogP contribution in [-0.2, 0) is 0 Å². The lowest BCUT2D eigenvalue weighted by Crippen LogP contribution is -2.07. The van der Waals surface area contributed by atoms with Crippen LogP contribution in [0.1, 0.15) is 25.0 Å². The molecule has 0 unspecified atom stereocenters. The normalized spacial score (nSPS) is 11.4. The summed E-state index contributed by atoms with van der Waals surface area (Å²) in [5, 5.41) is 3.11. The minimum absolute atomic E-state index is 0.880. The Kier molecular flexibility index (Phi) is 5.37. The van der Waals surface area contributed by atoms with Crippen LogP contribution >= 0.6 is 0 Å². The summed E-state index contributed by atoms with van der Waals surface area (Å²) >= 11 is 0. The molecule has 0 saturated carbocycles. The van der Waals surface area contributed by atoms with Crippen molar-refractivity contribution in [3.63, 3.8) is 0 Å². The molecule has 0 aromatic heterocycles. The number of nitrogens with one attached hydrogen (secondary N) is 1. The molecule has 1 N–H and O–H groups in total. The first kappa shape index (κ1) is 15.0. The van der Waals surface area contributed by atoms with Crippen LogP contribution in [-0.4, -0.2) is 7.05 Å². The number of hydrogen-bond donors (Lipinski definition) is 1. The summed E-state index contributed by atoms with van der Waals surface area (Å²) in [6.45, 7) is 14.3. The van der Waals surface area contributed by atoms with Crippen molar-refractivity contribution in [2.45, 2.75) is 20.8 Å². The molecule has 100 valence electrons. The van der Waals surface area contributed by atoms with E-state index in [2.05, 4.69) is 69.6 Å². The van der Waals surface area contributed by atoms with E-state index < -0.39 is 0 Å². The van der Waals surface area contributed by atoms with Crippen LogP contribution < -0.4 is 5.32 Å². The molecular formula is C18H23N. The summed E-state index contributed by atoms with van der Waals surface area (Å²) in [5.41, 5.74) is 6.80. The van der Waals surface area contributed by atoms with Gasteiger partial charge < -0.3 is 5.32 Å².